The van der Waals surface area contributed by atoms with E-state index in [2.05, 4.69) is 10.3 Å². The summed E-state index contributed by atoms with van der Waals surface area (Å²) in [6.45, 7) is 5.79. The molecule has 0 saturated carbocycles. The molecule has 0 saturated heterocycles. The first-order chi connectivity index (χ1) is 9.79. The minimum Gasteiger partial charge on any atom is -0.370 e. The molecular formula is C13H24ClN3O3S. The van der Waals surface area contributed by atoms with Gasteiger partial charge >= 0.3 is 0 Å². The summed E-state index contributed by atoms with van der Waals surface area (Å²) >= 11 is 5.40. The predicted octanol–water partition coefficient (Wildman–Crippen LogP) is 1.99. The van der Waals surface area contributed by atoms with Crippen molar-refractivity contribution in [1.29, 1.82) is 0 Å². The van der Waals surface area contributed by atoms with Crippen molar-refractivity contribution >= 4 is 27.5 Å². The van der Waals surface area contributed by atoms with Crippen LogP contribution in [0, 0.1) is 0 Å². The molecule has 8 heteroatoms. The molecule has 0 radical (unpaired) electrons. The summed E-state index contributed by atoms with van der Waals surface area (Å²) in [5, 5.41) is 12.4. The topological polar surface area (TPSA) is 82.0 Å². The Bertz CT molecular complexity index is 501. The third-order valence-electron chi connectivity index (χ3n) is 2.49. The molecule has 0 aromatic heterocycles. The van der Waals surface area contributed by atoms with Crippen LogP contribution in [0.25, 0.3) is 0 Å². The minimum atomic E-state index is -3.38. The average Bonchev–Trinajstić information content (AvgIpc) is 2.37. The summed E-state index contributed by atoms with van der Waals surface area (Å²) in [5.74, 6) is 0.813. The summed E-state index contributed by atoms with van der Waals surface area (Å²) in [7, 11) is -3.38. The van der Waals surface area contributed by atoms with E-state index in [0.29, 0.717) is 31.0 Å². The fourth-order valence-corrected chi connectivity index (χ4v) is 2.82. The van der Waals surface area contributed by atoms with Crippen LogP contribution >= 0.6 is 11.6 Å². The van der Waals surface area contributed by atoms with E-state index >= 15 is 0 Å². The number of aliphatic hydroxyl groups excluding tert-OH is 1. The van der Waals surface area contributed by atoms with Gasteiger partial charge in [0.2, 0.25) is 10.0 Å². The SMILES string of the molecule is CC/C=C(\N=C(/CC)N(CC)S(C)(=O)=O)NC(O)/C=C\Cl. The smallest absolute Gasteiger partial charge is 0.233 e. The molecule has 0 heterocycles. The highest BCUT2D eigenvalue weighted by molar-refractivity contribution is 7.88. The van der Waals surface area contributed by atoms with Gasteiger partial charge in [0.25, 0.3) is 0 Å². The minimum absolute atomic E-state index is 0.301. The molecule has 0 aliphatic rings. The number of hydrogen-bond donors (Lipinski definition) is 2. The maximum Gasteiger partial charge on any atom is 0.233 e. The van der Waals surface area contributed by atoms with Gasteiger partial charge in [-0.1, -0.05) is 25.4 Å². The van der Waals surface area contributed by atoms with Crippen LogP contribution in [0.5, 0.6) is 0 Å². The Morgan fingerprint density at radius 1 is 1.43 bits per heavy atom. The van der Waals surface area contributed by atoms with E-state index < -0.39 is 16.3 Å². The van der Waals surface area contributed by atoms with Gasteiger partial charge in [-0.3, -0.25) is 4.31 Å². The second-order valence-electron chi connectivity index (χ2n) is 4.21. The van der Waals surface area contributed by atoms with Crippen LogP contribution in [0.4, 0.5) is 0 Å². The first kappa shape index (κ1) is 19.9. The number of amidine groups is 1. The van der Waals surface area contributed by atoms with Gasteiger partial charge in [-0.15, -0.1) is 0 Å². The normalized spacial score (nSPS) is 15.3. The molecule has 21 heavy (non-hydrogen) atoms. The van der Waals surface area contributed by atoms with E-state index in [-0.39, 0.29) is 0 Å². The Kier molecular flexibility index (Phi) is 9.32. The number of aliphatic hydroxyl groups is 1. The van der Waals surface area contributed by atoms with E-state index in [9.17, 15) is 13.5 Å². The van der Waals surface area contributed by atoms with Gasteiger partial charge in [-0.25, -0.2) is 13.4 Å². The van der Waals surface area contributed by atoms with Crippen molar-refractivity contribution in [1.82, 2.24) is 9.62 Å². The fraction of sp³-hybridized carbons (Fsp3) is 0.615. The van der Waals surface area contributed by atoms with Crippen LogP contribution in [0.15, 0.2) is 28.5 Å². The molecule has 0 spiro atoms. The number of nitrogens with zero attached hydrogens (tertiary/aromatic N) is 2. The van der Waals surface area contributed by atoms with Crippen LogP contribution < -0.4 is 5.32 Å². The standard InChI is InChI=1S/C13H24ClN3O3S/c1-5-8-11(16-13(18)9-10-14)15-12(6-2)17(7-3)21(4,19)20/h8-10,13,16,18H,5-7H2,1-4H3/b10-9-,11-8+,15-12+. The summed E-state index contributed by atoms with van der Waals surface area (Å²) < 4.78 is 24.7. The predicted molar refractivity (Wildman–Crippen MR) is 87.5 cm³/mol. The zero-order valence-electron chi connectivity index (χ0n) is 12.9. The lowest BCUT2D eigenvalue weighted by Crippen LogP contribution is -2.36. The summed E-state index contributed by atoms with van der Waals surface area (Å²) in [5.41, 5.74) is 1.19. The highest BCUT2D eigenvalue weighted by Crippen LogP contribution is 2.07. The molecule has 2 N–H and O–H groups in total. The molecule has 0 aromatic rings. The van der Waals surface area contributed by atoms with Crippen LogP contribution in [-0.2, 0) is 10.0 Å². The van der Waals surface area contributed by atoms with Gasteiger partial charge in [-0.2, -0.15) is 0 Å². The average molecular weight is 338 g/mol. The zero-order chi connectivity index (χ0) is 16.5. The van der Waals surface area contributed by atoms with Crippen LogP contribution in [0.3, 0.4) is 0 Å². The fourth-order valence-electron chi connectivity index (χ4n) is 1.66. The molecule has 6 nitrogen and oxygen atoms in total. The second-order valence-corrected chi connectivity index (χ2v) is 6.37. The molecule has 1 unspecified atom stereocenters. The Morgan fingerprint density at radius 3 is 2.43 bits per heavy atom. The number of aliphatic imine (C=N–C) groups is 1. The number of halogens is 1. The lowest BCUT2D eigenvalue weighted by Gasteiger charge is -2.22. The van der Waals surface area contributed by atoms with E-state index in [1.807, 2.05) is 13.8 Å². The van der Waals surface area contributed by atoms with Crippen molar-refractivity contribution in [2.45, 2.75) is 39.8 Å². The lowest BCUT2D eigenvalue weighted by molar-refractivity contribution is 0.197. The molecule has 122 valence electrons. The maximum absolute atomic E-state index is 11.8. The summed E-state index contributed by atoms with van der Waals surface area (Å²) in [4.78, 5) is 4.32. The molecule has 0 aromatic carbocycles. The number of nitrogens with one attached hydrogen (secondary N) is 1. The van der Waals surface area contributed by atoms with Gasteiger partial charge in [0.1, 0.15) is 17.9 Å². The largest absolute Gasteiger partial charge is 0.370 e. The monoisotopic (exact) mass is 337 g/mol. The molecule has 0 aliphatic carbocycles. The number of rotatable bonds is 8. The molecule has 0 amide bonds. The molecular weight excluding hydrogens is 314 g/mol. The second kappa shape index (κ2) is 9.81. The van der Waals surface area contributed by atoms with Crippen molar-refractivity contribution < 1.29 is 13.5 Å². The molecule has 0 bridgehead atoms. The summed E-state index contributed by atoms with van der Waals surface area (Å²) in [6.07, 6.45) is 4.40. The van der Waals surface area contributed by atoms with Crippen molar-refractivity contribution in [3.05, 3.63) is 23.5 Å². The van der Waals surface area contributed by atoms with Crippen molar-refractivity contribution in [3.8, 4) is 0 Å². The van der Waals surface area contributed by atoms with Crippen LogP contribution in [0.1, 0.15) is 33.6 Å². The first-order valence-corrected chi connectivity index (χ1v) is 9.05. The number of allylic oxidation sites excluding steroid dienone is 1. The van der Waals surface area contributed by atoms with E-state index in [1.165, 1.54) is 15.9 Å². The van der Waals surface area contributed by atoms with Gasteiger partial charge in [-0.05, 0) is 25.5 Å². The first-order valence-electron chi connectivity index (χ1n) is 6.76. The van der Waals surface area contributed by atoms with Crippen LogP contribution in [-0.4, -0.2) is 42.7 Å². The lowest BCUT2D eigenvalue weighted by atomic mass is 10.4. The highest BCUT2D eigenvalue weighted by atomic mass is 35.5. The van der Waals surface area contributed by atoms with Crippen molar-refractivity contribution in [2.24, 2.45) is 4.99 Å². The number of hydrogen-bond acceptors (Lipinski definition) is 5. The van der Waals surface area contributed by atoms with Gasteiger partial charge in [0.15, 0.2) is 0 Å². The Balaban J connectivity index is 5.45. The van der Waals surface area contributed by atoms with Crippen LogP contribution in [0.2, 0.25) is 0 Å². The zero-order valence-corrected chi connectivity index (χ0v) is 14.4. The highest BCUT2D eigenvalue weighted by Gasteiger charge is 2.18. The molecule has 0 fully saturated rings. The van der Waals surface area contributed by atoms with E-state index in [0.717, 1.165) is 6.26 Å². The van der Waals surface area contributed by atoms with Crippen molar-refractivity contribution in [2.75, 3.05) is 12.8 Å². The maximum atomic E-state index is 11.8. The van der Waals surface area contributed by atoms with Crippen molar-refractivity contribution in [3.63, 3.8) is 0 Å². The quantitative estimate of drug-likeness (QED) is 0.403. The number of sulfonamides is 1. The molecule has 0 aliphatic heterocycles. The van der Waals surface area contributed by atoms with Gasteiger partial charge < -0.3 is 10.4 Å². The van der Waals surface area contributed by atoms with Gasteiger partial charge in [0, 0.05) is 18.5 Å². The molecule has 1 atom stereocenters. The Morgan fingerprint density at radius 2 is 2.05 bits per heavy atom. The third-order valence-corrected chi connectivity index (χ3v) is 3.90. The Labute approximate surface area is 132 Å². The summed E-state index contributed by atoms with van der Waals surface area (Å²) in [6, 6.07) is 0. The molecule has 0 rings (SSSR count). The van der Waals surface area contributed by atoms with E-state index in [1.54, 1.807) is 13.0 Å². The Hall–Kier alpha value is -1.05. The van der Waals surface area contributed by atoms with Gasteiger partial charge in [0.05, 0.1) is 6.26 Å². The third kappa shape index (κ3) is 7.50. The van der Waals surface area contributed by atoms with E-state index in [4.69, 9.17) is 11.6 Å².